The van der Waals surface area contributed by atoms with E-state index in [2.05, 4.69) is 15.0 Å². The number of fused-ring (bicyclic) bond motifs is 1. The fourth-order valence-electron chi connectivity index (χ4n) is 3.47. The van der Waals surface area contributed by atoms with Crippen molar-refractivity contribution in [3.63, 3.8) is 0 Å². The molecule has 2 aliphatic rings. The highest BCUT2D eigenvalue weighted by molar-refractivity contribution is 7.89. The predicted octanol–water partition coefficient (Wildman–Crippen LogP) is 2.73. The second-order valence-corrected chi connectivity index (χ2v) is 9.92. The first-order chi connectivity index (χ1) is 13.5. The number of nitrogens with zero attached hydrogens (tertiary/aromatic N) is 1. The average molecular weight is 422 g/mol. The summed E-state index contributed by atoms with van der Waals surface area (Å²) in [4.78, 5) is 18.4. The van der Waals surface area contributed by atoms with Gasteiger partial charge in [-0.05, 0) is 56.7 Å². The van der Waals surface area contributed by atoms with Crippen LogP contribution < -0.4 is 10.0 Å². The summed E-state index contributed by atoms with van der Waals surface area (Å²) in [6.45, 7) is 0.908. The number of rotatable bonds is 6. The van der Waals surface area contributed by atoms with E-state index in [4.69, 9.17) is 4.74 Å². The van der Waals surface area contributed by atoms with E-state index in [9.17, 15) is 13.2 Å². The van der Waals surface area contributed by atoms with E-state index in [1.54, 1.807) is 12.1 Å². The lowest BCUT2D eigenvalue weighted by atomic mass is 10.0. The van der Waals surface area contributed by atoms with E-state index in [0.29, 0.717) is 11.7 Å². The van der Waals surface area contributed by atoms with Crippen molar-refractivity contribution in [3.8, 4) is 0 Å². The van der Waals surface area contributed by atoms with Gasteiger partial charge in [-0.1, -0.05) is 6.07 Å². The molecule has 9 heteroatoms. The molecule has 1 saturated heterocycles. The summed E-state index contributed by atoms with van der Waals surface area (Å²) in [5, 5.41) is 3.38. The molecule has 1 fully saturated rings. The molecule has 1 unspecified atom stereocenters. The highest BCUT2D eigenvalue weighted by atomic mass is 32.2. The highest BCUT2D eigenvalue weighted by Crippen LogP contribution is 2.29. The summed E-state index contributed by atoms with van der Waals surface area (Å²) in [6, 6.07) is 6.04. The van der Waals surface area contributed by atoms with Gasteiger partial charge in [0, 0.05) is 23.6 Å². The maximum Gasteiger partial charge on any atom is 0.257 e. The maximum absolute atomic E-state index is 12.6. The second kappa shape index (κ2) is 8.28. The Bertz CT molecular complexity index is 942. The lowest BCUT2D eigenvalue weighted by molar-refractivity contribution is 0.102. The molecular formula is C19H23N3O4S2. The Morgan fingerprint density at radius 3 is 2.89 bits per heavy atom. The number of amides is 1. The van der Waals surface area contributed by atoms with Gasteiger partial charge in [-0.25, -0.2) is 18.1 Å². The number of anilines is 1. The van der Waals surface area contributed by atoms with Crippen molar-refractivity contribution in [2.45, 2.75) is 49.5 Å². The Morgan fingerprint density at radius 1 is 1.25 bits per heavy atom. The molecule has 2 aromatic rings. The van der Waals surface area contributed by atoms with Gasteiger partial charge in [0.25, 0.3) is 5.91 Å². The van der Waals surface area contributed by atoms with Crippen LogP contribution in [-0.2, 0) is 27.6 Å². The third-order valence-electron chi connectivity index (χ3n) is 5.00. The monoisotopic (exact) mass is 421 g/mol. The van der Waals surface area contributed by atoms with Crippen molar-refractivity contribution in [1.29, 1.82) is 0 Å². The Hall–Kier alpha value is -1.81. The Labute approximate surface area is 168 Å². The molecule has 0 saturated carbocycles. The van der Waals surface area contributed by atoms with E-state index in [1.807, 2.05) is 0 Å². The molecule has 1 aliphatic heterocycles. The van der Waals surface area contributed by atoms with E-state index in [0.717, 1.165) is 44.2 Å². The molecule has 1 amide bonds. The molecule has 0 spiro atoms. The molecule has 150 valence electrons. The Morgan fingerprint density at radius 2 is 2.11 bits per heavy atom. The van der Waals surface area contributed by atoms with Crippen LogP contribution in [0.1, 0.15) is 46.6 Å². The van der Waals surface area contributed by atoms with Crippen molar-refractivity contribution in [2.24, 2.45) is 0 Å². The van der Waals surface area contributed by atoms with Gasteiger partial charge < -0.3 is 4.74 Å². The molecule has 28 heavy (non-hydrogen) atoms. The minimum absolute atomic E-state index is 0.0663. The minimum atomic E-state index is -3.70. The normalized spacial score (nSPS) is 19.4. The van der Waals surface area contributed by atoms with E-state index >= 15 is 0 Å². The summed E-state index contributed by atoms with van der Waals surface area (Å²) < 4.78 is 33.1. The van der Waals surface area contributed by atoms with Crippen LogP contribution in [0.4, 0.5) is 5.13 Å². The number of carbonyl (C=O) groups excluding carboxylic acids is 1. The van der Waals surface area contributed by atoms with Gasteiger partial charge in [0.05, 0.1) is 16.7 Å². The molecule has 4 rings (SSSR count). The number of hydrogen-bond donors (Lipinski definition) is 2. The zero-order valence-corrected chi connectivity index (χ0v) is 17.1. The highest BCUT2D eigenvalue weighted by Gasteiger charge is 2.22. The van der Waals surface area contributed by atoms with Gasteiger partial charge in [-0.2, -0.15) is 0 Å². The van der Waals surface area contributed by atoms with E-state index < -0.39 is 10.0 Å². The van der Waals surface area contributed by atoms with Crippen LogP contribution in [0.15, 0.2) is 29.2 Å². The van der Waals surface area contributed by atoms with Gasteiger partial charge in [0.15, 0.2) is 5.13 Å². The van der Waals surface area contributed by atoms with Crippen LogP contribution >= 0.6 is 11.3 Å². The average Bonchev–Trinajstić information content (AvgIpc) is 3.35. The fraction of sp³-hybridized carbons (Fsp3) is 0.474. The fourth-order valence-corrected chi connectivity index (χ4v) is 5.63. The number of carbonyl (C=O) groups is 1. The van der Waals surface area contributed by atoms with Crippen molar-refractivity contribution in [3.05, 3.63) is 40.4 Å². The van der Waals surface area contributed by atoms with Gasteiger partial charge >= 0.3 is 0 Å². The van der Waals surface area contributed by atoms with E-state index in [-0.39, 0.29) is 29.0 Å². The van der Waals surface area contributed by atoms with Crippen LogP contribution in [0.5, 0.6) is 0 Å². The van der Waals surface area contributed by atoms with Crippen molar-refractivity contribution in [1.82, 2.24) is 9.71 Å². The van der Waals surface area contributed by atoms with Crippen molar-refractivity contribution < 1.29 is 17.9 Å². The summed E-state index contributed by atoms with van der Waals surface area (Å²) in [6.07, 6.45) is 5.95. The molecule has 2 heterocycles. The molecule has 0 radical (unpaired) electrons. The zero-order valence-electron chi connectivity index (χ0n) is 15.4. The first kappa shape index (κ1) is 19.5. The first-order valence-corrected chi connectivity index (χ1v) is 11.8. The number of ether oxygens (including phenoxy) is 1. The van der Waals surface area contributed by atoms with Gasteiger partial charge in [-0.15, -0.1) is 11.3 Å². The predicted molar refractivity (Wildman–Crippen MR) is 107 cm³/mol. The number of nitrogens with one attached hydrogen (secondary N) is 2. The number of benzene rings is 1. The number of hydrogen-bond acceptors (Lipinski definition) is 6. The minimum Gasteiger partial charge on any atom is -0.377 e. The van der Waals surface area contributed by atoms with Crippen LogP contribution in [0.3, 0.4) is 0 Å². The molecule has 1 aliphatic carbocycles. The Balaban J connectivity index is 1.44. The summed E-state index contributed by atoms with van der Waals surface area (Å²) in [5.74, 6) is -0.359. The van der Waals surface area contributed by atoms with Crippen LogP contribution in [0, 0.1) is 0 Å². The number of aromatic nitrogens is 1. The molecule has 1 aromatic heterocycles. The molecule has 7 nitrogen and oxygen atoms in total. The smallest absolute Gasteiger partial charge is 0.257 e. The summed E-state index contributed by atoms with van der Waals surface area (Å²) in [7, 11) is -3.70. The molecular weight excluding hydrogens is 398 g/mol. The summed E-state index contributed by atoms with van der Waals surface area (Å²) in [5.41, 5.74) is 1.36. The topological polar surface area (TPSA) is 97.4 Å². The molecule has 1 atom stereocenters. The van der Waals surface area contributed by atoms with Gasteiger partial charge in [-0.3, -0.25) is 10.1 Å². The van der Waals surface area contributed by atoms with Crippen LogP contribution in [0.2, 0.25) is 0 Å². The molecule has 0 bridgehead atoms. The second-order valence-electron chi connectivity index (χ2n) is 7.06. The Kier molecular flexibility index (Phi) is 5.77. The number of thiazole rings is 1. The largest absolute Gasteiger partial charge is 0.377 e. The van der Waals surface area contributed by atoms with Crippen LogP contribution in [-0.4, -0.2) is 38.6 Å². The number of sulfonamides is 1. The molecule has 1 aromatic carbocycles. The lowest BCUT2D eigenvalue weighted by Crippen LogP contribution is -2.32. The third kappa shape index (κ3) is 4.43. The quantitative estimate of drug-likeness (QED) is 0.747. The van der Waals surface area contributed by atoms with Gasteiger partial charge in [0.2, 0.25) is 10.0 Å². The van der Waals surface area contributed by atoms with E-state index in [1.165, 1.54) is 28.3 Å². The molecule has 2 N–H and O–H groups in total. The van der Waals surface area contributed by atoms with Crippen molar-refractivity contribution in [2.75, 3.05) is 18.5 Å². The number of aryl methyl sites for hydroxylation is 2. The maximum atomic E-state index is 12.6. The zero-order chi connectivity index (χ0) is 19.6. The summed E-state index contributed by atoms with van der Waals surface area (Å²) >= 11 is 1.50. The van der Waals surface area contributed by atoms with Gasteiger partial charge in [0.1, 0.15) is 0 Å². The van der Waals surface area contributed by atoms with Crippen molar-refractivity contribution >= 4 is 32.4 Å². The standard InChI is InChI=1S/C19H23N3O4S2/c23-18(22-19-21-16-8-1-2-9-17(16)27-19)13-5-3-7-15(11-13)28(24,25)20-12-14-6-4-10-26-14/h3,5,7,11,14,20H,1-2,4,6,8-10,12H2,(H,21,22,23). The van der Waals surface area contributed by atoms with Crippen LogP contribution in [0.25, 0.3) is 0 Å². The SMILES string of the molecule is O=C(Nc1nc2c(s1)CCCC2)c1cccc(S(=O)(=O)NCC2CCCO2)c1. The lowest BCUT2D eigenvalue weighted by Gasteiger charge is -2.12. The third-order valence-corrected chi connectivity index (χ3v) is 7.49. The first-order valence-electron chi connectivity index (χ1n) is 9.52.